The van der Waals surface area contributed by atoms with E-state index in [1.165, 1.54) is 9.88 Å². The van der Waals surface area contributed by atoms with E-state index in [0.29, 0.717) is 12.2 Å². The molecule has 0 N–H and O–H groups in total. The van der Waals surface area contributed by atoms with E-state index in [4.69, 9.17) is 0 Å². The van der Waals surface area contributed by atoms with Gasteiger partial charge in [-0.3, -0.25) is 0 Å². The molecular formula is C15H19NO3S. The van der Waals surface area contributed by atoms with Crippen LogP contribution in [0.3, 0.4) is 0 Å². The first-order valence-electron chi connectivity index (χ1n) is 6.64. The van der Waals surface area contributed by atoms with Gasteiger partial charge in [-0.25, -0.2) is 8.42 Å². The van der Waals surface area contributed by atoms with Crippen LogP contribution in [0.25, 0.3) is 0 Å². The predicted octanol–water partition coefficient (Wildman–Crippen LogP) is 2.15. The van der Waals surface area contributed by atoms with E-state index in [1.807, 2.05) is 13.0 Å². The van der Waals surface area contributed by atoms with Crippen molar-refractivity contribution in [1.82, 2.24) is 4.31 Å². The molecule has 0 spiro atoms. The minimum Gasteiger partial charge on any atom is -0.302 e. The molecular weight excluding hydrogens is 274 g/mol. The zero-order valence-electron chi connectivity index (χ0n) is 11.7. The Balaban J connectivity index is 2.22. The van der Waals surface area contributed by atoms with E-state index in [2.05, 4.69) is 6.92 Å². The lowest BCUT2D eigenvalue weighted by atomic mass is 10.2. The zero-order chi connectivity index (χ0) is 14.8. The number of nitrogens with zero attached hydrogens (tertiary/aromatic N) is 1. The highest BCUT2D eigenvalue weighted by Crippen LogP contribution is 2.36. The Morgan fingerprint density at radius 2 is 1.85 bits per heavy atom. The van der Waals surface area contributed by atoms with Crippen LogP contribution in [0, 0.1) is 12.8 Å². The van der Waals surface area contributed by atoms with Gasteiger partial charge in [-0.1, -0.05) is 36.3 Å². The van der Waals surface area contributed by atoms with Gasteiger partial charge in [-0.15, -0.1) is 0 Å². The molecule has 20 heavy (non-hydrogen) atoms. The minimum absolute atomic E-state index is 0.117. The number of carbonyl (C=O) groups excluding carboxylic acids is 1. The average Bonchev–Trinajstić information content (AvgIpc) is 3.11. The third kappa shape index (κ3) is 3.35. The molecule has 108 valence electrons. The molecule has 2 rings (SSSR count). The Labute approximate surface area is 120 Å². The second-order valence-corrected chi connectivity index (χ2v) is 7.12. The van der Waals surface area contributed by atoms with Gasteiger partial charge in [-0.05, 0) is 31.4 Å². The number of sulfonamides is 1. The summed E-state index contributed by atoms with van der Waals surface area (Å²) in [5.74, 6) is 0.551. The fraction of sp³-hybridized carbons (Fsp3) is 0.400. The molecule has 0 aromatic heterocycles. The van der Waals surface area contributed by atoms with Crippen molar-refractivity contribution in [3.8, 4) is 0 Å². The van der Waals surface area contributed by atoms with Crippen LogP contribution in [0.5, 0.6) is 0 Å². The number of benzene rings is 1. The molecule has 4 nitrogen and oxygen atoms in total. The normalized spacial score (nSPS) is 20.4. The second-order valence-electron chi connectivity index (χ2n) is 5.19. The van der Waals surface area contributed by atoms with E-state index in [1.54, 1.807) is 24.3 Å². The van der Waals surface area contributed by atoms with E-state index in [-0.39, 0.29) is 18.0 Å². The maximum absolute atomic E-state index is 12.5. The van der Waals surface area contributed by atoms with Crippen molar-refractivity contribution in [2.45, 2.75) is 25.2 Å². The van der Waals surface area contributed by atoms with Crippen LogP contribution in [0.15, 0.2) is 40.8 Å². The summed E-state index contributed by atoms with van der Waals surface area (Å²) in [7, 11) is -3.61. The van der Waals surface area contributed by atoms with Gasteiger partial charge in [0, 0.05) is 6.54 Å². The number of hydrogen-bond donors (Lipinski definition) is 0. The quantitative estimate of drug-likeness (QED) is 0.596. The lowest BCUT2D eigenvalue weighted by Crippen LogP contribution is -2.33. The molecule has 0 unspecified atom stereocenters. The molecule has 1 aromatic rings. The van der Waals surface area contributed by atoms with Gasteiger partial charge in [0.15, 0.2) is 0 Å². The van der Waals surface area contributed by atoms with Gasteiger partial charge in [0.05, 0.1) is 11.4 Å². The van der Waals surface area contributed by atoms with Crippen molar-refractivity contribution in [1.29, 1.82) is 0 Å². The molecule has 5 heteroatoms. The van der Waals surface area contributed by atoms with Gasteiger partial charge >= 0.3 is 0 Å². The standard InChI is InChI=1S/C15H19NO3S/c1-12-3-5-15(6-4-12)20(18,19)16(9-10-17)8-7-14-11-13(14)2/h3-7,10,13H,8-9,11H2,1-2H3/b14-7+/t13-/m0/s1. The Morgan fingerprint density at radius 3 is 2.35 bits per heavy atom. The highest BCUT2D eigenvalue weighted by atomic mass is 32.2. The van der Waals surface area contributed by atoms with Crippen LogP contribution in [0.1, 0.15) is 18.9 Å². The van der Waals surface area contributed by atoms with Crippen LogP contribution in [-0.4, -0.2) is 32.1 Å². The Morgan fingerprint density at radius 1 is 1.25 bits per heavy atom. The van der Waals surface area contributed by atoms with E-state index < -0.39 is 10.0 Å². The number of aldehydes is 1. The monoisotopic (exact) mass is 293 g/mol. The molecule has 0 saturated heterocycles. The minimum atomic E-state index is -3.61. The topological polar surface area (TPSA) is 54.5 Å². The van der Waals surface area contributed by atoms with Crippen molar-refractivity contribution in [3.63, 3.8) is 0 Å². The molecule has 0 aliphatic heterocycles. The summed E-state index contributed by atoms with van der Waals surface area (Å²) >= 11 is 0. The molecule has 0 bridgehead atoms. The maximum atomic E-state index is 12.5. The Bertz CT molecular complexity index is 617. The molecule has 1 fully saturated rings. The first kappa shape index (κ1) is 14.9. The van der Waals surface area contributed by atoms with Crippen molar-refractivity contribution in [2.75, 3.05) is 13.1 Å². The number of carbonyl (C=O) groups is 1. The fourth-order valence-corrected chi connectivity index (χ4v) is 3.32. The van der Waals surface area contributed by atoms with E-state index in [0.717, 1.165) is 12.0 Å². The van der Waals surface area contributed by atoms with Crippen LogP contribution in [0.4, 0.5) is 0 Å². The van der Waals surface area contributed by atoms with E-state index in [9.17, 15) is 13.2 Å². The van der Waals surface area contributed by atoms with Crippen molar-refractivity contribution >= 4 is 16.3 Å². The second kappa shape index (κ2) is 5.89. The molecule has 1 aliphatic carbocycles. The smallest absolute Gasteiger partial charge is 0.243 e. The van der Waals surface area contributed by atoms with E-state index >= 15 is 0 Å². The summed E-state index contributed by atoms with van der Waals surface area (Å²) in [4.78, 5) is 11.0. The van der Waals surface area contributed by atoms with Crippen molar-refractivity contribution < 1.29 is 13.2 Å². The highest BCUT2D eigenvalue weighted by molar-refractivity contribution is 7.89. The molecule has 1 saturated carbocycles. The molecule has 0 radical (unpaired) electrons. The molecule has 0 heterocycles. The summed E-state index contributed by atoms with van der Waals surface area (Å²) in [6.45, 7) is 4.14. The summed E-state index contributed by atoms with van der Waals surface area (Å²) in [5.41, 5.74) is 2.26. The molecule has 1 atom stereocenters. The summed E-state index contributed by atoms with van der Waals surface area (Å²) < 4.78 is 26.2. The molecule has 1 aliphatic rings. The van der Waals surface area contributed by atoms with Crippen molar-refractivity contribution in [2.24, 2.45) is 5.92 Å². The highest BCUT2D eigenvalue weighted by Gasteiger charge is 2.27. The lowest BCUT2D eigenvalue weighted by Gasteiger charge is -2.18. The SMILES string of the molecule is Cc1ccc(S(=O)(=O)N(CC=O)C/C=C2\C[C@@H]2C)cc1. The zero-order valence-corrected chi connectivity index (χ0v) is 12.6. The first-order valence-corrected chi connectivity index (χ1v) is 8.08. The van der Waals surface area contributed by atoms with Gasteiger partial charge < -0.3 is 4.79 Å². The Kier molecular flexibility index (Phi) is 4.40. The van der Waals surface area contributed by atoms with Crippen molar-refractivity contribution in [3.05, 3.63) is 41.5 Å². The van der Waals surface area contributed by atoms with Crippen LogP contribution in [-0.2, 0) is 14.8 Å². The van der Waals surface area contributed by atoms with Gasteiger partial charge in [0.2, 0.25) is 10.0 Å². The first-order chi connectivity index (χ1) is 9.45. The lowest BCUT2D eigenvalue weighted by molar-refractivity contribution is -0.108. The van der Waals surface area contributed by atoms with Crippen LogP contribution in [0.2, 0.25) is 0 Å². The number of allylic oxidation sites excluding steroid dienone is 1. The third-order valence-electron chi connectivity index (χ3n) is 3.51. The number of hydrogen-bond acceptors (Lipinski definition) is 3. The summed E-state index contributed by atoms with van der Waals surface area (Å²) in [6.07, 6.45) is 3.57. The number of rotatable bonds is 6. The third-order valence-corrected chi connectivity index (χ3v) is 5.35. The van der Waals surface area contributed by atoms with Gasteiger partial charge in [0.25, 0.3) is 0 Å². The average molecular weight is 293 g/mol. The predicted molar refractivity (Wildman–Crippen MR) is 77.9 cm³/mol. The van der Waals surface area contributed by atoms with Crippen LogP contribution < -0.4 is 0 Å². The summed E-state index contributed by atoms with van der Waals surface area (Å²) in [6, 6.07) is 6.67. The fourth-order valence-electron chi connectivity index (χ4n) is 2.01. The van der Waals surface area contributed by atoms with Gasteiger partial charge in [0.1, 0.15) is 6.29 Å². The van der Waals surface area contributed by atoms with Crippen LogP contribution >= 0.6 is 0 Å². The molecule has 0 amide bonds. The largest absolute Gasteiger partial charge is 0.302 e. The Hall–Kier alpha value is -1.46. The number of aryl methyl sites for hydroxylation is 1. The summed E-state index contributed by atoms with van der Waals surface area (Å²) in [5, 5.41) is 0. The molecule has 1 aromatic carbocycles. The maximum Gasteiger partial charge on any atom is 0.243 e. The van der Waals surface area contributed by atoms with Gasteiger partial charge in [-0.2, -0.15) is 4.31 Å².